The van der Waals surface area contributed by atoms with E-state index in [0.29, 0.717) is 0 Å². The molecule has 0 aliphatic carbocycles. The summed E-state index contributed by atoms with van der Waals surface area (Å²) in [5.41, 5.74) is 0. The smallest absolute Gasteiger partial charge is 0.00675 e. The molecule has 236 valence electrons. The van der Waals surface area contributed by atoms with E-state index in [1.807, 2.05) is 0 Å². The van der Waals surface area contributed by atoms with Gasteiger partial charge in [0.25, 0.3) is 0 Å². The first-order valence-corrected chi connectivity index (χ1v) is 20.1. The van der Waals surface area contributed by atoms with Crippen LogP contribution in [0, 0.1) is 0 Å². The van der Waals surface area contributed by atoms with Crippen molar-refractivity contribution in [3.05, 3.63) is 0 Å². The minimum Gasteiger partial charge on any atom is -0.162 e. The number of thioether (sulfide) groups is 1. The lowest BCUT2D eigenvalue weighted by molar-refractivity contribution is 0.520. The molecule has 0 N–H and O–H groups in total. The molecule has 0 aliphatic rings. The minimum absolute atomic E-state index is 1.37. The molecule has 1 heteroatoms. The van der Waals surface area contributed by atoms with E-state index in [0.717, 1.165) is 0 Å². The van der Waals surface area contributed by atoms with Crippen LogP contribution >= 0.6 is 11.8 Å². The Morgan fingerprint density at radius 2 is 0.359 bits per heavy atom. The third-order valence-electron chi connectivity index (χ3n) is 8.78. The summed E-state index contributed by atoms with van der Waals surface area (Å²) in [7, 11) is 0. The van der Waals surface area contributed by atoms with Gasteiger partial charge in [0.05, 0.1) is 0 Å². The van der Waals surface area contributed by atoms with E-state index in [2.05, 4.69) is 25.6 Å². The minimum atomic E-state index is 1.37. The number of unbranched alkanes of at least 4 members (excludes halogenated alkanes) is 32. The maximum atomic E-state index is 2.31. The molecule has 0 bridgehead atoms. The standard InChI is InChI=1S/C38H78S/c1-3-5-7-9-11-13-15-17-18-19-20-21-22-23-24-25-26-28-30-32-34-36-38-39-37-35-33-31-29-27-16-14-12-10-8-6-4-2/h3-38H2,1-2H3. The monoisotopic (exact) mass is 567 g/mol. The number of hydrogen-bond acceptors (Lipinski definition) is 1. The second-order valence-corrected chi connectivity index (χ2v) is 14.2. The lowest BCUT2D eigenvalue weighted by Crippen LogP contribution is -1.87. The topological polar surface area (TPSA) is 0 Å². The molecular weight excluding hydrogens is 488 g/mol. The first kappa shape index (κ1) is 39.4. The summed E-state index contributed by atoms with van der Waals surface area (Å²) in [4.78, 5) is 0. The zero-order valence-corrected chi connectivity index (χ0v) is 28.7. The fourth-order valence-corrected chi connectivity index (χ4v) is 6.98. The maximum absolute atomic E-state index is 2.31. The van der Waals surface area contributed by atoms with E-state index in [1.54, 1.807) is 0 Å². The normalized spacial score (nSPS) is 11.5. The molecule has 0 amide bonds. The Labute approximate surface area is 254 Å². The predicted molar refractivity (Wildman–Crippen MR) is 186 cm³/mol. The maximum Gasteiger partial charge on any atom is -0.00675 e. The second-order valence-electron chi connectivity index (χ2n) is 12.9. The summed E-state index contributed by atoms with van der Waals surface area (Å²) in [6.07, 6.45) is 50.2. The van der Waals surface area contributed by atoms with Gasteiger partial charge in [-0.2, -0.15) is 11.8 Å². The molecule has 0 fully saturated rings. The lowest BCUT2D eigenvalue weighted by atomic mass is 10.0. The third kappa shape index (κ3) is 38.4. The van der Waals surface area contributed by atoms with Gasteiger partial charge in [0.2, 0.25) is 0 Å². The summed E-state index contributed by atoms with van der Waals surface area (Å²) in [6.45, 7) is 4.62. The van der Waals surface area contributed by atoms with Gasteiger partial charge < -0.3 is 0 Å². The van der Waals surface area contributed by atoms with Gasteiger partial charge in [0.1, 0.15) is 0 Å². The largest absolute Gasteiger partial charge is 0.162 e. The molecule has 0 nitrogen and oxygen atoms in total. The van der Waals surface area contributed by atoms with Crippen LogP contribution in [0.1, 0.15) is 232 Å². The van der Waals surface area contributed by atoms with E-state index in [9.17, 15) is 0 Å². The summed E-state index contributed by atoms with van der Waals surface area (Å²) in [5.74, 6) is 2.83. The second kappa shape index (κ2) is 38.4. The van der Waals surface area contributed by atoms with E-state index < -0.39 is 0 Å². The molecule has 0 aromatic carbocycles. The molecule has 0 saturated heterocycles. The third-order valence-corrected chi connectivity index (χ3v) is 9.94. The highest BCUT2D eigenvalue weighted by molar-refractivity contribution is 7.99. The molecule has 39 heavy (non-hydrogen) atoms. The zero-order valence-electron chi connectivity index (χ0n) is 27.9. The van der Waals surface area contributed by atoms with Gasteiger partial charge in [-0.25, -0.2) is 0 Å². The highest BCUT2D eigenvalue weighted by Gasteiger charge is 1.97. The molecule has 0 aliphatic heterocycles. The Hall–Kier alpha value is 0.350. The molecular formula is C38H78S. The van der Waals surface area contributed by atoms with E-state index in [1.165, 1.54) is 230 Å². The van der Waals surface area contributed by atoms with Crippen LogP contribution in [-0.2, 0) is 0 Å². The van der Waals surface area contributed by atoms with Crippen molar-refractivity contribution in [3.8, 4) is 0 Å². The highest BCUT2D eigenvalue weighted by Crippen LogP contribution is 2.17. The Morgan fingerprint density at radius 3 is 0.538 bits per heavy atom. The summed E-state index contributed by atoms with van der Waals surface area (Å²) in [5, 5.41) is 0. The average molecular weight is 567 g/mol. The molecule has 0 rings (SSSR count). The Morgan fingerprint density at radius 1 is 0.205 bits per heavy atom. The molecule has 0 spiro atoms. The Bertz CT molecular complexity index is 356. The van der Waals surface area contributed by atoms with Crippen molar-refractivity contribution in [2.45, 2.75) is 232 Å². The molecule has 0 radical (unpaired) electrons. The lowest BCUT2D eigenvalue weighted by Gasteiger charge is -2.05. The van der Waals surface area contributed by atoms with Crippen LogP contribution in [0.2, 0.25) is 0 Å². The summed E-state index contributed by atoms with van der Waals surface area (Å²) in [6, 6.07) is 0. The SMILES string of the molecule is CCCCCCCCCCCCCCCCCCCCCCCCSCCCCCCCCCCCCCC. The molecule has 0 aromatic heterocycles. The van der Waals surface area contributed by atoms with Gasteiger partial charge in [-0.05, 0) is 24.3 Å². The molecule has 0 saturated carbocycles. The zero-order chi connectivity index (χ0) is 28.2. The van der Waals surface area contributed by atoms with Crippen molar-refractivity contribution in [3.63, 3.8) is 0 Å². The van der Waals surface area contributed by atoms with E-state index in [-0.39, 0.29) is 0 Å². The molecule has 0 unspecified atom stereocenters. The van der Waals surface area contributed by atoms with Gasteiger partial charge in [-0.15, -0.1) is 0 Å². The molecule has 0 atom stereocenters. The van der Waals surface area contributed by atoms with Gasteiger partial charge in [-0.1, -0.05) is 219 Å². The van der Waals surface area contributed by atoms with Gasteiger partial charge in [-0.3, -0.25) is 0 Å². The van der Waals surface area contributed by atoms with Crippen LogP contribution in [0.25, 0.3) is 0 Å². The Kier molecular flexibility index (Phi) is 38.7. The number of rotatable bonds is 36. The van der Waals surface area contributed by atoms with Crippen molar-refractivity contribution in [2.24, 2.45) is 0 Å². The van der Waals surface area contributed by atoms with E-state index >= 15 is 0 Å². The van der Waals surface area contributed by atoms with Gasteiger partial charge >= 0.3 is 0 Å². The van der Waals surface area contributed by atoms with Crippen molar-refractivity contribution >= 4 is 11.8 Å². The van der Waals surface area contributed by atoms with Crippen LogP contribution < -0.4 is 0 Å². The van der Waals surface area contributed by atoms with Crippen LogP contribution in [0.15, 0.2) is 0 Å². The summed E-state index contributed by atoms with van der Waals surface area (Å²) >= 11 is 2.23. The van der Waals surface area contributed by atoms with Crippen molar-refractivity contribution in [2.75, 3.05) is 11.5 Å². The highest BCUT2D eigenvalue weighted by atomic mass is 32.2. The van der Waals surface area contributed by atoms with Gasteiger partial charge in [0.15, 0.2) is 0 Å². The van der Waals surface area contributed by atoms with Crippen LogP contribution in [0.5, 0.6) is 0 Å². The van der Waals surface area contributed by atoms with Crippen LogP contribution in [0.3, 0.4) is 0 Å². The number of hydrogen-bond donors (Lipinski definition) is 0. The van der Waals surface area contributed by atoms with E-state index in [4.69, 9.17) is 0 Å². The van der Waals surface area contributed by atoms with Crippen molar-refractivity contribution < 1.29 is 0 Å². The summed E-state index contributed by atoms with van der Waals surface area (Å²) < 4.78 is 0. The quantitative estimate of drug-likeness (QED) is 0.0679. The molecule has 0 aromatic rings. The fourth-order valence-electron chi connectivity index (χ4n) is 5.96. The average Bonchev–Trinajstić information content (AvgIpc) is 2.95. The first-order chi connectivity index (χ1) is 19.4. The fraction of sp³-hybridized carbons (Fsp3) is 1.00. The van der Waals surface area contributed by atoms with Crippen molar-refractivity contribution in [1.82, 2.24) is 0 Å². The van der Waals surface area contributed by atoms with Crippen molar-refractivity contribution in [1.29, 1.82) is 0 Å². The van der Waals surface area contributed by atoms with Gasteiger partial charge in [0, 0.05) is 0 Å². The predicted octanol–water partition coefficient (Wildman–Crippen LogP) is 15.0. The van der Waals surface area contributed by atoms with Crippen LogP contribution in [0.4, 0.5) is 0 Å². The molecule has 0 heterocycles. The Balaban J connectivity index is 3.01. The van der Waals surface area contributed by atoms with Crippen LogP contribution in [-0.4, -0.2) is 11.5 Å². The first-order valence-electron chi connectivity index (χ1n) is 19.0.